The Balaban J connectivity index is 4.39. The topological polar surface area (TPSA) is 107 Å². The van der Waals surface area contributed by atoms with Gasteiger partial charge in [-0.25, -0.2) is 9.59 Å². The van der Waals surface area contributed by atoms with E-state index in [0.29, 0.717) is 4.90 Å². The number of carboxylic acids is 2. The minimum atomic E-state index is -4.44. The third kappa shape index (κ3) is 7.84. The number of nitrogens with zero attached hydrogens (tertiary/aromatic N) is 1. The standard InChI is InChI=1S/C9H13F3N2O5/c1-14(3-2-9(10,11)12)8(19)13-5(7(17)18)4-6(15)16/h5H,2-4H2,1H3,(H,13,19)(H,15,16)(H,17,18)/t5-/m0/s1. The van der Waals surface area contributed by atoms with Crippen LogP contribution in [0.3, 0.4) is 0 Å². The highest BCUT2D eigenvalue weighted by atomic mass is 19.4. The van der Waals surface area contributed by atoms with Crippen LogP contribution in [0.5, 0.6) is 0 Å². The predicted octanol–water partition coefficient (Wildman–Crippen LogP) is 0.508. The van der Waals surface area contributed by atoms with Gasteiger partial charge in [0.15, 0.2) is 0 Å². The summed E-state index contributed by atoms with van der Waals surface area (Å²) in [5.74, 6) is -3.04. The molecule has 0 aliphatic rings. The van der Waals surface area contributed by atoms with Gasteiger partial charge in [0.05, 0.1) is 12.8 Å². The van der Waals surface area contributed by atoms with Gasteiger partial charge in [-0.2, -0.15) is 13.2 Å². The molecule has 10 heteroatoms. The number of hydrogen-bond acceptors (Lipinski definition) is 3. The van der Waals surface area contributed by atoms with Crippen LogP contribution >= 0.6 is 0 Å². The molecule has 0 aromatic rings. The fourth-order valence-electron chi connectivity index (χ4n) is 1.03. The van der Waals surface area contributed by atoms with Crippen molar-refractivity contribution in [3.63, 3.8) is 0 Å². The zero-order valence-electron chi connectivity index (χ0n) is 9.90. The highest BCUT2D eigenvalue weighted by Crippen LogP contribution is 2.19. The molecular weight excluding hydrogens is 273 g/mol. The van der Waals surface area contributed by atoms with Gasteiger partial charge in [-0.1, -0.05) is 0 Å². The summed E-state index contributed by atoms with van der Waals surface area (Å²) in [5.41, 5.74) is 0. The number of aliphatic carboxylic acids is 2. The number of urea groups is 1. The zero-order chi connectivity index (χ0) is 15.2. The van der Waals surface area contributed by atoms with Crippen molar-refractivity contribution >= 4 is 18.0 Å². The summed E-state index contributed by atoms with van der Waals surface area (Å²) in [6.07, 6.45) is -6.55. The molecule has 0 fully saturated rings. The van der Waals surface area contributed by atoms with Gasteiger partial charge in [-0.15, -0.1) is 0 Å². The van der Waals surface area contributed by atoms with Crippen molar-refractivity contribution in [3.8, 4) is 0 Å². The Hall–Kier alpha value is -2.00. The zero-order valence-corrected chi connectivity index (χ0v) is 9.90. The van der Waals surface area contributed by atoms with Crippen LogP contribution in [0.1, 0.15) is 12.8 Å². The Morgan fingerprint density at radius 3 is 2.16 bits per heavy atom. The molecule has 0 spiro atoms. The summed E-state index contributed by atoms with van der Waals surface area (Å²) in [4.78, 5) is 33.0. The van der Waals surface area contributed by atoms with Crippen LogP contribution in [-0.2, 0) is 9.59 Å². The Labute approximate surface area is 106 Å². The first-order valence-electron chi connectivity index (χ1n) is 5.06. The molecule has 0 aromatic heterocycles. The van der Waals surface area contributed by atoms with Crippen LogP contribution in [0.25, 0.3) is 0 Å². The van der Waals surface area contributed by atoms with Crippen LogP contribution in [0.2, 0.25) is 0 Å². The first-order valence-corrected chi connectivity index (χ1v) is 5.06. The smallest absolute Gasteiger partial charge is 0.390 e. The number of amides is 2. The second kappa shape index (κ2) is 6.81. The normalized spacial score (nSPS) is 12.6. The number of carbonyl (C=O) groups excluding carboxylic acids is 1. The molecule has 0 unspecified atom stereocenters. The lowest BCUT2D eigenvalue weighted by molar-refractivity contribution is -0.145. The van der Waals surface area contributed by atoms with E-state index in [1.807, 2.05) is 5.32 Å². The molecule has 3 N–H and O–H groups in total. The minimum Gasteiger partial charge on any atom is -0.481 e. The lowest BCUT2D eigenvalue weighted by Gasteiger charge is -2.21. The molecule has 1 atom stereocenters. The second-order valence-electron chi connectivity index (χ2n) is 3.72. The van der Waals surface area contributed by atoms with E-state index >= 15 is 0 Å². The highest BCUT2D eigenvalue weighted by Gasteiger charge is 2.29. The first kappa shape index (κ1) is 17.0. The summed E-state index contributed by atoms with van der Waals surface area (Å²) in [7, 11) is 1.04. The van der Waals surface area contributed by atoms with E-state index in [2.05, 4.69) is 0 Å². The minimum absolute atomic E-state index is 0.630. The first-order chi connectivity index (χ1) is 8.53. The Morgan fingerprint density at radius 1 is 1.26 bits per heavy atom. The molecule has 0 radical (unpaired) electrons. The fourth-order valence-corrected chi connectivity index (χ4v) is 1.03. The summed E-state index contributed by atoms with van der Waals surface area (Å²) in [6, 6.07) is -2.78. The summed E-state index contributed by atoms with van der Waals surface area (Å²) < 4.78 is 35.7. The van der Waals surface area contributed by atoms with Crippen molar-refractivity contribution in [2.75, 3.05) is 13.6 Å². The maximum absolute atomic E-state index is 11.9. The lowest BCUT2D eigenvalue weighted by atomic mass is 10.2. The van der Waals surface area contributed by atoms with Crippen molar-refractivity contribution in [1.29, 1.82) is 0 Å². The molecule has 0 rings (SSSR count). The number of nitrogens with one attached hydrogen (secondary N) is 1. The SMILES string of the molecule is CN(CCC(F)(F)F)C(=O)N[C@@H](CC(=O)O)C(=O)O. The molecule has 0 bridgehead atoms. The van der Waals surface area contributed by atoms with Crippen molar-refractivity contribution in [3.05, 3.63) is 0 Å². The summed E-state index contributed by atoms with van der Waals surface area (Å²) >= 11 is 0. The van der Waals surface area contributed by atoms with Crippen LogP contribution in [0, 0.1) is 0 Å². The maximum atomic E-state index is 11.9. The van der Waals surface area contributed by atoms with E-state index in [0.717, 1.165) is 7.05 Å². The van der Waals surface area contributed by atoms with Gasteiger partial charge < -0.3 is 20.4 Å². The second-order valence-corrected chi connectivity index (χ2v) is 3.72. The molecule has 7 nitrogen and oxygen atoms in total. The van der Waals surface area contributed by atoms with E-state index in [1.165, 1.54) is 0 Å². The molecule has 0 saturated carbocycles. The van der Waals surface area contributed by atoms with Gasteiger partial charge >= 0.3 is 24.1 Å². The van der Waals surface area contributed by atoms with Crippen LogP contribution in [0.4, 0.5) is 18.0 Å². The molecule has 110 valence electrons. The molecule has 0 aliphatic heterocycles. The Morgan fingerprint density at radius 2 is 1.79 bits per heavy atom. The van der Waals surface area contributed by atoms with Crippen molar-refractivity contribution in [2.24, 2.45) is 0 Å². The van der Waals surface area contributed by atoms with Crippen LogP contribution < -0.4 is 5.32 Å². The van der Waals surface area contributed by atoms with Crippen molar-refractivity contribution in [2.45, 2.75) is 25.1 Å². The van der Waals surface area contributed by atoms with Crippen LogP contribution in [-0.4, -0.2) is 58.9 Å². The third-order valence-electron chi connectivity index (χ3n) is 2.05. The van der Waals surface area contributed by atoms with E-state index in [-0.39, 0.29) is 0 Å². The lowest BCUT2D eigenvalue weighted by Crippen LogP contribution is -2.48. The van der Waals surface area contributed by atoms with E-state index in [1.54, 1.807) is 0 Å². The largest absolute Gasteiger partial charge is 0.481 e. The predicted molar refractivity (Wildman–Crippen MR) is 55.5 cm³/mol. The number of carbonyl (C=O) groups is 3. The number of rotatable bonds is 6. The number of halogens is 3. The van der Waals surface area contributed by atoms with E-state index < -0.39 is 49.6 Å². The van der Waals surface area contributed by atoms with Crippen molar-refractivity contribution < 1.29 is 37.8 Å². The van der Waals surface area contributed by atoms with E-state index in [4.69, 9.17) is 10.2 Å². The molecule has 0 saturated heterocycles. The quantitative estimate of drug-likeness (QED) is 0.659. The van der Waals surface area contributed by atoms with Gasteiger partial charge in [0.25, 0.3) is 0 Å². The van der Waals surface area contributed by atoms with Gasteiger partial charge in [0, 0.05) is 13.6 Å². The monoisotopic (exact) mass is 286 g/mol. The van der Waals surface area contributed by atoms with Gasteiger partial charge in [-0.3, -0.25) is 4.79 Å². The number of hydrogen-bond donors (Lipinski definition) is 3. The van der Waals surface area contributed by atoms with Crippen molar-refractivity contribution in [1.82, 2.24) is 10.2 Å². The molecule has 19 heavy (non-hydrogen) atoms. The summed E-state index contributed by atoms with van der Waals surface area (Å²) in [5, 5.41) is 18.9. The highest BCUT2D eigenvalue weighted by molar-refractivity contribution is 5.86. The molecular formula is C9H13F3N2O5. The van der Waals surface area contributed by atoms with Gasteiger partial charge in [0.2, 0.25) is 0 Å². The molecule has 2 amide bonds. The summed E-state index contributed by atoms with van der Waals surface area (Å²) in [6.45, 7) is -0.658. The molecule has 0 aliphatic carbocycles. The van der Waals surface area contributed by atoms with Gasteiger partial charge in [0.1, 0.15) is 6.04 Å². The number of alkyl halides is 3. The maximum Gasteiger partial charge on any atom is 0.390 e. The molecule has 0 heterocycles. The fraction of sp³-hybridized carbons (Fsp3) is 0.667. The van der Waals surface area contributed by atoms with E-state index in [9.17, 15) is 27.6 Å². The Bertz CT molecular complexity index is 358. The average Bonchev–Trinajstić information content (AvgIpc) is 2.22. The number of carboxylic acid groups (broad SMARTS) is 2. The Kier molecular flexibility index (Phi) is 6.09. The third-order valence-corrected chi connectivity index (χ3v) is 2.05. The average molecular weight is 286 g/mol. The van der Waals surface area contributed by atoms with Crippen LogP contribution in [0.15, 0.2) is 0 Å². The van der Waals surface area contributed by atoms with Gasteiger partial charge in [-0.05, 0) is 0 Å². The molecule has 0 aromatic carbocycles.